The van der Waals surface area contributed by atoms with Crippen LogP contribution in [0, 0.1) is 17.7 Å². The van der Waals surface area contributed by atoms with Gasteiger partial charge in [-0.15, -0.1) is 0 Å². The minimum Gasteiger partial charge on any atom is -0.349 e. The van der Waals surface area contributed by atoms with E-state index < -0.39 is 5.82 Å². The normalized spacial score (nSPS) is 19.8. The van der Waals surface area contributed by atoms with Crippen molar-refractivity contribution >= 4 is 23.4 Å². The molecule has 0 aliphatic carbocycles. The first kappa shape index (κ1) is 26.3. The first-order valence-electron chi connectivity index (χ1n) is 13.2. The fourth-order valence-corrected chi connectivity index (χ4v) is 5.93. The van der Waals surface area contributed by atoms with Gasteiger partial charge in [0.25, 0.3) is 5.91 Å². The van der Waals surface area contributed by atoms with Crippen LogP contribution < -0.4 is 5.32 Å². The van der Waals surface area contributed by atoms with Crippen LogP contribution in [0.1, 0.15) is 40.4 Å². The zero-order valence-corrected chi connectivity index (χ0v) is 22.0. The van der Waals surface area contributed by atoms with Gasteiger partial charge in [0.05, 0.1) is 16.6 Å². The molecule has 38 heavy (non-hydrogen) atoms. The zero-order valence-electron chi connectivity index (χ0n) is 21.2. The lowest BCUT2D eigenvalue weighted by Crippen LogP contribution is -2.35. The molecule has 198 valence electrons. The second-order valence-corrected chi connectivity index (χ2v) is 10.7. The number of amides is 2. The zero-order chi connectivity index (χ0) is 26.5. The molecule has 0 radical (unpaired) electrons. The average Bonchev–Trinajstić information content (AvgIpc) is 3.50. The average molecular weight is 535 g/mol. The van der Waals surface area contributed by atoms with Crippen molar-refractivity contribution in [1.82, 2.24) is 20.1 Å². The molecule has 2 unspecified atom stereocenters. The Bertz CT molecular complexity index is 1230. The van der Waals surface area contributed by atoms with Gasteiger partial charge in [-0.3, -0.25) is 14.6 Å². The van der Waals surface area contributed by atoms with E-state index in [2.05, 4.69) is 27.3 Å². The Balaban J connectivity index is 1.14. The van der Waals surface area contributed by atoms with Gasteiger partial charge in [-0.1, -0.05) is 54.1 Å². The number of pyridine rings is 1. The Labute approximate surface area is 227 Å². The Morgan fingerprint density at radius 2 is 1.76 bits per heavy atom. The van der Waals surface area contributed by atoms with Crippen molar-refractivity contribution in [3.63, 3.8) is 0 Å². The smallest absolute Gasteiger partial charge is 0.258 e. The highest BCUT2D eigenvalue weighted by molar-refractivity contribution is 6.33. The number of nitrogens with zero attached hydrogens (tertiary/aromatic N) is 3. The number of aryl methyl sites for hydroxylation is 1. The van der Waals surface area contributed by atoms with Crippen molar-refractivity contribution in [2.75, 3.05) is 32.7 Å². The predicted octanol–water partition coefficient (Wildman–Crippen LogP) is 4.76. The van der Waals surface area contributed by atoms with E-state index in [1.165, 1.54) is 12.1 Å². The van der Waals surface area contributed by atoms with E-state index >= 15 is 0 Å². The van der Waals surface area contributed by atoms with Crippen LogP contribution in [-0.2, 0) is 11.2 Å². The number of aromatic nitrogens is 1. The van der Waals surface area contributed by atoms with E-state index in [0.717, 1.165) is 37.2 Å². The minimum absolute atomic E-state index is 0.0296. The molecule has 0 saturated carbocycles. The molecule has 8 heteroatoms. The van der Waals surface area contributed by atoms with Crippen molar-refractivity contribution < 1.29 is 14.0 Å². The van der Waals surface area contributed by atoms with Gasteiger partial charge in [-0.25, -0.2) is 4.39 Å². The first-order valence-corrected chi connectivity index (χ1v) is 13.5. The third-order valence-electron chi connectivity index (χ3n) is 7.66. The Morgan fingerprint density at radius 3 is 2.45 bits per heavy atom. The summed E-state index contributed by atoms with van der Waals surface area (Å²) in [5.74, 6) is -0.160. The number of nitrogens with one attached hydrogen (secondary N) is 1. The van der Waals surface area contributed by atoms with Crippen LogP contribution >= 0.6 is 11.6 Å². The minimum atomic E-state index is -0.573. The highest BCUT2D eigenvalue weighted by Crippen LogP contribution is 2.33. The molecule has 3 heterocycles. The highest BCUT2D eigenvalue weighted by atomic mass is 35.5. The van der Waals surface area contributed by atoms with Gasteiger partial charge in [0.15, 0.2) is 0 Å². The van der Waals surface area contributed by atoms with Gasteiger partial charge in [0.2, 0.25) is 5.91 Å². The molecule has 2 saturated heterocycles. The topological polar surface area (TPSA) is 65.5 Å². The number of carbonyl (C=O) groups excluding carboxylic acids is 2. The summed E-state index contributed by atoms with van der Waals surface area (Å²) < 4.78 is 14.3. The van der Waals surface area contributed by atoms with Crippen molar-refractivity contribution in [1.29, 1.82) is 0 Å². The number of benzene rings is 2. The van der Waals surface area contributed by atoms with Gasteiger partial charge in [0, 0.05) is 51.5 Å². The van der Waals surface area contributed by atoms with Crippen molar-refractivity contribution in [2.45, 2.75) is 25.3 Å². The number of carbonyl (C=O) groups is 2. The Morgan fingerprint density at radius 1 is 1.00 bits per heavy atom. The number of hydrogen-bond acceptors (Lipinski definition) is 4. The van der Waals surface area contributed by atoms with Gasteiger partial charge in [-0.05, 0) is 54.0 Å². The van der Waals surface area contributed by atoms with E-state index in [9.17, 15) is 14.0 Å². The van der Waals surface area contributed by atoms with E-state index in [4.69, 9.17) is 11.6 Å². The Kier molecular flexibility index (Phi) is 8.35. The summed E-state index contributed by atoms with van der Waals surface area (Å²) in [7, 11) is 0. The monoisotopic (exact) mass is 534 g/mol. The molecule has 3 aromatic rings. The summed E-state index contributed by atoms with van der Waals surface area (Å²) in [5.41, 5.74) is 2.11. The van der Waals surface area contributed by atoms with Crippen molar-refractivity contribution in [3.8, 4) is 0 Å². The van der Waals surface area contributed by atoms with Gasteiger partial charge in [0.1, 0.15) is 5.82 Å². The summed E-state index contributed by atoms with van der Waals surface area (Å²) in [6.07, 6.45) is 5.40. The highest BCUT2D eigenvalue weighted by Gasteiger charge is 2.42. The van der Waals surface area contributed by atoms with Crippen LogP contribution in [0.25, 0.3) is 0 Å². The quantitative estimate of drug-likeness (QED) is 0.430. The largest absolute Gasteiger partial charge is 0.349 e. The summed E-state index contributed by atoms with van der Waals surface area (Å²) >= 11 is 6.13. The lowest BCUT2D eigenvalue weighted by Gasteiger charge is -2.25. The number of halogens is 2. The standard InChI is InChI=1S/C30H32ClFN4O2/c31-25-9-4-10-26(32)29(25)30(38)36-19-23-17-35(18-24(23)20-36)15-13-27(22-7-2-1-3-8-22)34-28(37)12-11-21-6-5-14-33-16-21/h1-10,14,16,23-24,27H,11-13,15,17-20H2,(H,34,37)/t23?,24?,27-/m0/s1. The lowest BCUT2D eigenvalue weighted by molar-refractivity contribution is -0.121. The summed E-state index contributed by atoms with van der Waals surface area (Å²) in [5, 5.41) is 3.40. The lowest BCUT2D eigenvalue weighted by atomic mass is 10.0. The summed E-state index contributed by atoms with van der Waals surface area (Å²) in [4.78, 5) is 34.1. The SMILES string of the molecule is O=C(CCc1cccnc1)N[C@@H](CCN1CC2CN(C(=O)c3c(F)cccc3Cl)CC2C1)c1ccccc1. The molecular formula is C30H32ClFN4O2. The predicted molar refractivity (Wildman–Crippen MR) is 145 cm³/mol. The van der Waals surface area contributed by atoms with Crippen LogP contribution in [0.4, 0.5) is 4.39 Å². The molecule has 0 spiro atoms. The van der Waals surface area contributed by atoms with Crippen molar-refractivity contribution in [3.05, 3.63) is 101 Å². The van der Waals surface area contributed by atoms with Gasteiger partial charge in [-0.2, -0.15) is 0 Å². The second-order valence-electron chi connectivity index (χ2n) is 10.3. The molecule has 2 amide bonds. The fourth-order valence-electron chi connectivity index (χ4n) is 5.69. The number of hydrogen-bond donors (Lipinski definition) is 1. The Hall–Kier alpha value is -3.29. The van der Waals surface area contributed by atoms with E-state index in [1.807, 2.05) is 30.3 Å². The van der Waals surface area contributed by atoms with Crippen LogP contribution in [0.5, 0.6) is 0 Å². The maximum atomic E-state index is 14.3. The molecule has 3 atom stereocenters. The van der Waals surface area contributed by atoms with Crippen LogP contribution in [0.2, 0.25) is 5.02 Å². The second kappa shape index (κ2) is 12.0. The van der Waals surface area contributed by atoms with Crippen molar-refractivity contribution in [2.24, 2.45) is 11.8 Å². The molecular weight excluding hydrogens is 503 g/mol. The molecule has 2 aromatic carbocycles. The third kappa shape index (κ3) is 6.22. The summed E-state index contributed by atoms with van der Waals surface area (Å²) in [6, 6.07) is 18.2. The number of likely N-dealkylation sites (tertiary alicyclic amines) is 2. The summed E-state index contributed by atoms with van der Waals surface area (Å²) in [6.45, 7) is 3.84. The van der Waals surface area contributed by atoms with E-state index in [-0.39, 0.29) is 28.4 Å². The molecule has 0 bridgehead atoms. The maximum absolute atomic E-state index is 14.3. The third-order valence-corrected chi connectivity index (χ3v) is 7.98. The molecule has 1 aromatic heterocycles. The van der Waals surface area contributed by atoms with Crippen LogP contribution in [0.15, 0.2) is 73.1 Å². The van der Waals surface area contributed by atoms with E-state index in [1.54, 1.807) is 23.4 Å². The fraction of sp³-hybridized carbons (Fsp3) is 0.367. The molecule has 6 nitrogen and oxygen atoms in total. The number of fused-ring (bicyclic) bond motifs is 1. The molecule has 5 rings (SSSR count). The maximum Gasteiger partial charge on any atom is 0.258 e. The van der Waals surface area contributed by atoms with E-state index in [0.29, 0.717) is 37.8 Å². The first-order chi connectivity index (χ1) is 18.5. The van der Waals surface area contributed by atoms with Crippen LogP contribution in [0.3, 0.4) is 0 Å². The van der Waals surface area contributed by atoms with Gasteiger partial charge >= 0.3 is 0 Å². The van der Waals surface area contributed by atoms with Crippen LogP contribution in [-0.4, -0.2) is 59.3 Å². The molecule has 1 N–H and O–H groups in total. The molecule has 2 aliphatic heterocycles. The van der Waals surface area contributed by atoms with Gasteiger partial charge < -0.3 is 15.1 Å². The molecule has 2 fully saturated rings. The number of rotatable bonds is 9. The molecule has 2 aliphatic rings.